The fourth-order valence-electron chi connectivity index (χ4n) is 3.65. The van der Waals surface area contributed by atoms with E-state index in [1.54, 1.807) is 0 Å². The first-order chi connectivity index (χ1) is 16.2. The molecule has 0 fully saturated rings. The van der Waals surface area contributed by atoms with Crippen LogP contribution in [0.1, 0.15) is 37.8 Å². The van der Waals surface area contributed by atoms with Gasteiger partial charge in [-0.3, -0.25) is 9.59 Å². The first kappa shape index (κ1) is 27.4. The van der Waals surface area contributed by atoms with E-state index < -0.39 is 34.7 Å². The van der Waals surface area contributed by atoms with Crippen LogP contribution < -0.4 is 10.6 Å². The number of aliphatic hydroxyl groups is 1. The van der Waals surface area contributed by atoms with E-state index in [0.717, 1.165) is 11.1 Å². The highest BCUT2D eigenvalue weighted by Crippen LogP contribution is 2.32. The molecule has 0 radical (unpaired) electrons. The van der Waals surface area contributed by atoms with Crippen LogP contribution in [0.2, 0.25) is 0 Å². The second kappa shape index (κ2) is 13.2. The summed E-state index contributed by atoms with van der Waals surface area (Å²) < 4.78 is -0.700. The molecule has 0 heterocycles. The Kier molecular flexibility index (Phi) is 10.6. The minimum atomic E-state index is -1.86. The van der Waals surface area contributed by atoms with E-state index in [4.69, 9.17) is 0 Å². The molecule has 3 unspecified atom stereocenters. The van der Waals surface area contributed by atoms with E-state index in [0.29, 0.717) is 18.6 Å². The third kappa shape index (κ3) is 8.18. The average molecular weight is 487 g/mol. The van der Waals surface area contributed by atoms with Gasteiger partial charge < -0.3 is 20.8 Å². The van der Waals surface area contributed by atoms with Crippen molar-refractivity contribution in [1.82, 2.24) is 10.6 Å². The maximum absolute atomic E-state index is 13.2. The number of hydrogen-bond donors (Lipinski definition) is 4. The summed E-state index contributed by atoms with van der Waals surface area (Å²) in [5.74, 6) is -3.04. The highest BCUT2D eigenvalue weighted by molar-refractivity contribution is 7.99. The van der Waals surface area contributed by atoms with Crippen molar-refractivity contribution >= 4 is 29.5 Å². The topological polar surface area (TPSA) is 116 Å². The summed E-state index contributed by atoms with van der Waals surface area (Å²) in [4.78, 5) is 37.4. The molecule has 0 spiro atoms. The summed E-state index contributed by atoms with van der Waals surface area (Å²) in [6.07, 6.45) is -0.523. The summed E-state index contributed by atoms with van der Waals surface area (Å²) in [7, 11) is 1.49. The highest BCUT2D eigenvalue weighted by atomic mass is 32.2. The number of aliphatic carboxylic acids is 1. The van der Waals surface area contributed by atoms with Gasteiger partial charge in [-0.05, 0) is 44.2 Å². The zero-order valence-electron chi connectivity index (χ0n) is 19.9. The Hall–Kier alpha value is -2.84. The monoisotopic (exact) mass is 486 g/mol. The van der Waals surface area contributed by atoms with Gasteiger partial charge in [-0.1, -0.05) is 60.7 Å². The molecule has 7 nitrogen and oxygen atoms in total. The Balaban J connectivity index is 2.12. The number of carbonyl (C=O) groups excluding carboxylic acids is 2. The SMILES string of the molecule is CNC(=O)C(NC(=O)C(CCCc1ccccc1)C(O)C(=O)O)C(C)(C)SCc1ccccc1. The molecule has 184 valence electrons. The zero-order chi connectivity index (χ0) is 25.1. The number of nitrogens with one attached hydrogen (secondary N) is 2. The van der Waals surface area contributed by atoms with Crippen LogP contribution in [-0.2, 0) is 26.6 Å². The van der Waals surface area contributed by atoms with Gasteiger partial charge in [0.05, 0.1) is 5.92 Å². The van der Waals surface area contributed by atoms with Gasteiger partial charge in [0, 0.05) is 17.5 Å². The molecule has 4 N–H and O–H groups in total. The normalized spacial score (nSPS) is 14.0. The smallest absolute Gasteiger partial charge is 0.333 e. The number of likely N-dealkylation sites (N-methyl/N-ethyl adjacent to an activating group) is 1. The van der Waals surface area contributed by atoms with Crippen molar-refractivity contribution in [3.8, 4) is 0 Å². The summed E-state index contributed by atoms with van der Waals surface area (Å²) >= 11 is 1.51. The van der Waals surface area contributed by atoms with Crippen LogP contribution in [0.3, 0.4) is 0 Å². The number of carboxylic acid groups (broad SMARTS) is 1. The Morgan fingerprint density at radius 2 is 1.50 bits per heavy atom. The van der Waals surface area contributed by atoms with Crippen molar-refractivity contribution < 1.29 is 24.6 Å². The number of hydrogen-bond acceptors (Lipinski definition) is 5. The fourth-order valence-corrected chi connectivity index (χ4v) is 4.71. The van der Waals surface area contributed by atoms with E-state index in [-0.39, 0.29) is 12.3 Å². The van der Waals surface area contributed by atoms with Crippen molar-refractivity contribution in [2.24, 2.45) is 5.92 Å². The fraction of sp³-hybridized carbons (Fsp3) is 0.423. The summed E-state index contributed by atoms with van der Waals surface area (Å²) in [5.41, 5.74) is 2.15. The van der Waals surface area contributed by atoms with E-state index in [2.05, 4.69) is 10.6 Å². The number of carboxylic acids is 1. The lowest BCUT2D eigenvalue weighted by atomic mass is 9.92. The second-order valence-corrected chi connectivity index (χ2v) is 10.3. The molecule has 0 aromatic heterocycles. The first-order valence-corrected chi connectivity index (χ1v) is 12.3. The molecule has 0 aliphatic heterocycles. The van der Waals surface area contributed by atoms with Gasteiger partial charge in [0.15, 0.2) is 6.10 Å². The first-order valence-electron chi connectivity index (χ1n) is 11.3. The number of carbonyl (C=O) groups is 3. The van der Waals surface area contributed by atoms with Crippen molar-refractivity contribution in [2.45, 2.75) is 55.8 Å². The highest BCUT2D eigenvalue weighted by Gasteiger charge is 2.40. The van der Waals surface area contributed by atoms with Crippen molar-refractivity contribution in [1.29, 1.82) is 0 Å². The van der Waals surface area contributed by atoms with Crippen LogP contribution >= 0.6 is 11.8 Å². The lowest BCUT2D eigenvalue weighted by Crippen LogP contribution is -2.58. The van der Waals surface area contributed by atoms with E-state index in [1.807, 2.05) is 74.5 Å². The molecule has 2 rings (SSSR count). The van der Waals surface area contributed by atoms with Gasteiger partial charge in [0.2, 0.25) is 11.8 Å². The minimum absolute atomic E-state index is 0.173. The third-order valence-corrected chi connectivity index (χ3v) is 7.20. The van der Waals surface area contributed by atoms with Gasteiger partial charge >= 0.3 is 5.97 Å². The number of aryl methyl sites for hydroxylation is 1. The van der Waals surface area contributed by atoms with Gasteiger partial charge in [-0.2, -0.15) is 0 Å². The van der Waals surface area contributed by atoms with Crippen LogP contribution in [0.25, 0.3) is 0 Å². The number of aliphatic hydroxyl groups excluding tert-OH is 1. The molecular weight excluding hydrogens is 452 g/mol. The predicted molar refractivity (Wildman–Crippen MR) is 134 cm³/mol. The van der Waals surface area contributed by atoms with Gasteiger partial charge in [-0.25, -0.2) is 4.79 Å². The lowest BCUT2D eigenvalue weighted by molar-refractivity contribution is -0.154. The van der Waals surface area contributed by atoms with Crippen LogP contribution in [0.5, 0.6) is 0 Å². The standard InChI is InChI=1S/C26H34N2O5S/c1-26(2,34-17-19-13-8-5-9-14-19)22(24(31)27-3)28-23(30)20(21(29)25(32)33)16-10-15-18-11-6-4-7-12-18/h4-9,11-14,20-22,29H,10,15-17H2,1-3H3,(H,27,31)(H,28,30)(H,32,33). The minimum Gasteiger partial charge on any atom is -0.479 e. The Bertz CT molecular complexity index is 937. The van der Waals surface area contributed by atoms with Crippen LogP contribution in [0.15, 0.2) is 60.7 Å². The van der Waals surface area contributed by atoms with Gasteiger partial charge in [0.1, 0.15) is 6.04 Å². The number of thioether (sulfide) groups is 1. The number of amides is 2. The zero-order valence-corrected chi connectivity index (χ0v) is 20.7. The van der Waals surface area contributed by atoms with Crippen molar-refractivity contribution in [3.63, 3.8) is 0 Å². The lowest BCUT2D eigenvalue weighted by Gasteiger charge is -2.34. The molecule has 0 aliphatic carbocycles. The number of benzene rings is 2. The van der Waals surface area contributed by atoms with Crippen LogP contribution in [0, 0.1) is 5.92 Å². The molecule has 3 atom stereocenters. The Morgan fingerprint density at radius 1 is 0.941 bits per heavy atom. The Labute approximate surface area is 205 Å². The van der Waals surface area contributed by atoms with E-state index in [9.17, 15) is 24.6 Å². The van der Waals surface area contributed by atoms with Crippen LogP contribution in [-0.4, -0.2) is 51.9 Å². The molecule has 2 aromatic carbocycles. The molecule has 0 bridgehead atoms. The maximum Gasteiger partial charge on any atom is 0.333 e. The Morgan fingerprint density at radius 3 is 2.03 bits per heavy atom. The van der Waals surface area contributed by atoms with Crippen molar-refractivity contribution in [2.75, 3.05) is 7.05 Å². The van der Waals surface area contributed by atoms with Gasteiger partial charge in [-0.15, -0.1) is 11.8 Å². The average Bonchev–Trinajstić information content (AvgIpc) is 2.84. The summed E-state index contributed by atoms with van der Waals surface area (Å²) in [6, 6.07) is 18.5. The molecule has 0 saturated heterocycles. The van der Waals surface area contributed by atoms with E-state index >= 15 is 0 Å². The van der Waals surface area contributed by atoms with Crippen LogP contribution in [0.4, 0.5) is 0 Å². The van der Waals surface area contributed by atoms with E-state index in [1.165, 1.54) is 18.8 Å². The molecule has 2 amide bonds. The summed E-state index contributed by atoms with van der Waals surface area (Å²) in [6.45, 7) is 3.72. The third-order valence-electron chi connectivity index (χ3n) is 5.74. The molecule has 0 saturated carbocycles. The maximum atomic E-state index is 13.2. The van der Waals surface area contributed by atoms with Gasteiger partial charge in [0.25, 0.3) is 0 Å². The molecule has 34 heavy (non-hydrogen) atoms. The quantitative estimate of drug-likeness (QED) is 0.346. The largest absolute Gasteiger partial charge is 0.479 e. The second-order valence-electron chi connectivity index (χ2n) is 8.70. The predicted octanol–water partition coefficient (Wildman–Crippen LogP) is 3.01. The number of rotatable bonds is 13. The summed E-state index contributed by atoms with van der Waals surface area (Å²) in [5, 5.41) is 24.9. The van der Waals surface area contributed by atoms with Crippen molar-refractivity contribution in [3.05, 3.63) is 71.8 Å². The molecule has 0 aliphatic rings. The molecule has 8 heteroatoms. The molecular formula is C26H34N2O5S. The molecule has 2 aromatic rings.